The molecule has 1 aliphatic rings. The molecule has 0 heterocycles. The molecule has 0 saturated heterocycles. The topological polar surface area (TPSA) is 107 Å². The van der Waals surface area contributed by atoms with Crippen molar-refractivity contribution in [3.8, 4) is 0 Å². The summed E-state index contributed by atoms with van der Waals surface area (Å²) in [5.74, 6) is -0.466. The van der Waals surface area contributed by atoms with Crippen LogP contribution in [0.15, 0.2) is 16.8 Å². The first kappa shape index (κ1) is 11.6. The van der Waals surface area contributed by atoms with Gasteiger partial charge in [0.2, 0.25) is 0 Å². The van der Waals surface area contributed by atoms with Crippen molar-refractivity contribution in [2.45, 2.75) is 38.1 Å². The second kappa shape index (κ2) is 5.38. The van der Waals surface area contributed by atoms with E-state index in [-0.39, 0.29) is 17.5 Å². The first-order valence-electron chi connectivity index (χ1n) is 5.20. The number of amides is 1. The van der Waals surface area contributed by atoms with Gasteiger partial charge in [0, 0.05) is 6.20 Å². The van der Waals surface area contributed by atoms with Gasteiger partial charge in [-0.25, -0.2) is 0 Å². The maximum absolute atomic E-state index is 10.9. The third kappa shape index (κ3) is 3.27. The third-order valence-electron chi connectivity index (χ3n) is 2.60. The highest BCUT2D eigenvalue weighted by Crippen LogP contribution is 2.20. The quantitative estimate of drug-likeness (QED) is 0.347. The van der Waals surface area contributed by atoms with Gasteiger partial charge in [-0.05, 0) is 12.8 Å². The summed E-state index contributed by atoms with van der Waals surface area (Å²) >= 11 is 0. The lowest BCUT2D eigenvalue weighted by Gasteiger charge is -2.18. The Kier molecular flexibility index (Phi) is 4.15. The zero-order valence-corrected chi connectivity index (χ0v) is 8.78. The normalized spacial score (nSPS) is 20.3. The number of amidine groups is 1. The van der Waals surface area contributed by atoms with E-state index in [4.69, 9.17) is 17.2 Å². The van der Waals surface area contributed by atoms with Crippen LogP contribution >= 0.6 is 0 Å². The molecule has 1 aliphatic carbocycles. The summed E-state index contributed by atoms with van der Waals surface area (Å²) in [5.41, 5.74) is 16.1. The van der Waals surface area contributed by atoms with Gasteiger partial charge >= 0.3 is 0 Å². The lowest BCUT2D eigenvalue weighted by atomic mass is 9.96. The smallest absolute Gasteiger partial charge is 0.253 e. The Morgan fingerprint density at radius 1 is 1.20 bits per heavy atom. The number of carbonyl (C=O) groups excluding carboxylic acids is 1. The highest BCUT2D eigenvalue weighted by molar-refractivity contribution is 6.19. The Labute approximate surface area is 89.4 Å². The lowest BCUT2D eigenvalue weighted by molar-refractivity contribution is -0.114. The number of primary amides is 1. The predicted octanol–water partition coefficient (Wildman–Crippen LogP) is 0.00420. The van der Waals surface area contributed by atoms with Crippen molar-refractivity contribution in [3.05, 3.63) is 11.8 Å². The van der Waals surface area contributed by atoms with Crippen molar-refractivity contribution in [3.63, 3.8) is 0 Å². The van der Waals surface area contributed by atoms with Crippen LogP contribution in [0.1, 0.15) is 32.1 Å². The summed E-state index contributed by atoms with van der Waals surface area (Å²) in [4.78, 5) is 15.2. The van der Waals surface area contributed by atoms with Crippen molar-refractivity contribution < 1.29 is 4.79 Å². The maximum atomic E-state index is 10.9. The zero-order chi connectivity index (χ0) is 11.3. The monoisotopic (exact) mass is 210 g/mol. The van der Waals surface area contributed by atoms with Crippen LogP contribution in [0.5, 0.6) is 0 Å². The number of nitrogens with zero attached hydrogens (tertiary/aromatic N) is 1. The number of carbonyl (C=O) groups is 1. The summed E-state index contributed by atoms with van der Waals surface area (Å²) in [6.45, 7) is 0. The van der Waals surface area contributed by atoms with Gasteiger partial charge in [-0.3, -0.25) is 9.79 Å². The molecule has 15 heavy (non-hydrogen) atoms. The fourth-order valence-corrected chi connectivity index (χ4v) is 1.77. The summed E-state index contributed by atoms with van der Waals surface area (Å²) < 4.78 is 0. The molecule has 1 rings (SSSR count). The van der Waals surface area contributed by atoms with Crippen molar-refractivity contribution >= 4 is 11.7 Å². The maximum Gasteiger partial charge on any atom is 0.253 e. The number of rotatable bonds is 3. The van der Waals surface area contributed by atoms with Gasteiger partial charge in [0.1, 0.15) is 5.84 Å². The van der Waals surface area contributed by atoms with Gasteiger partial charge in [-0.15, -0.1) is 0 Å². The van der Waals surface area contributed by atoms with Gasteiger partial charge in [0.05, 0.1) is 11.6 Å². The van der Waals surface area contributed by atoms with Crippen LogP contribution in [0.4, 0.5) is 0 Å². The summed E-state index contributed by atoms with van der Waals surface area (Å²) in [7, 11) is 0. The van der Waals surface area contributed by atoms with Gasteiger partial charge < -0.3 is 17.2 Å². The Morgan fingerprint density at radius 3 is 2.27 bits per heavy atom. The van der Waals surface area contributed by atoms with Crippen LogP contribution in [0, 0.1) is 0 Å². The first-order valence-corrected chi connectivity index (χ1v) is 5.20. The largest absolute Gasteiger partial charge is 0.404 e. The molecular formula is C10H18N4O. The van der Waals surface area contributed by atoms with Crippen LogP contribution in [0.3, 0.4) is 0 Å². The van der Waals surface area contributed by atoms with E-state index in [0.29, 0.717) is 0 Å². The molecule has 0 aromatic heterocycles. The van der Waals surface area contributed by atoms with Crippen molar-refractivity contribution in [1.29, 1.82) is 0 Å². The van der Waals surface area contributed by atoms with E-state index in [0.717, 1.165) is 19.0 Å². The average molecular weight is 210 g/mol. The van der Waals surface area contributed by atoms with Gasteiger partial charge in [0.25, 0.3) is 5.91 Å². The molecule has 0 aromatic rings. The molecule has 0 aromatic carbocycles. The minimum atomic E-state index is -0.630. The molecule has 0 atom stereocenters. The Hall–Kier alpha value is -1.52. The highest BCUT2D eigenvalue weighted by atomic mass is 16.1. The third-order valence-corrected chi connectivity index (χ3v) is 2.60. The van der Waals surface area contributed by atoms with Crippen LogP contribution in [-0.2, 0) is 4.79 Å². The second-order valence-electron chi connectivity index (χ2n) is 3.75. The number of hydrogen-bond acceptors (Lipinski definition) is 3. The fraction of sp³-hybridized carbons (Fsp3) is 0.600. The van der Waals surface area contributed by atoms with Crippen LogP contribution < -0.4 is 17.2 Å². The minimum Gasteiger partial charge on any atom is -0.404 e. The number of aliphatic imine (C=N–C) groups is 1. The summed E-state index contributed by atoms with van der Waals surface area (Å²) in [6, 6.07) is 0.216. The number of hydrogen-bond donors (Lipinski definition) is 3. The molecule has 5 heteroatoms. The van der Waals surface area contributed by atoms with E-state index in [2.05, 4.69) is 4.99 Å². The molecule has 0 radical (unpaired) electrons. The SMILES string of the molecule is NC=C(C(N)=O)C(N)=NC1CCCCC1. The fourth-order valence-electron chi connectivity index (χ4n) is 1.77. The molecule has 0 unspecified atom stereocenters. The van der Waals surface area contributed by atoms with Gasteiger partial charge in [-0.1, -0.05) is 19.3 Å². The lowest BCUT2D eigenvalue weighted by Crippen LogP contribution is -2.29. The average Bonchev–Trinajstić information content (AvgIpc) is 2.19. The summed E-state index contributed by atoms with van der Waals surface area (Å²) in [6.07, 6.45) is 6.75. The zero-order valence-electron chi connectivity index (χ0n) is 8.78. The molecule has 84 valence electrons. The van der Waals surface area contributed by atoms with Crippen molar-refractivity contribution in [1.82, 2.24) is 0 Å². The Morgan fingerprint density at radius 2 is 1.80 bits per heavy atom. The summed E-state index contributed by atoms with van der Waals surface area (Å²) in [5, 5.41) is 0. The Bertz CT molecular complexity index is 290. The van der Waals surface area contributed by atoms with E-state index < -0.39 is 5.91 Å². The van der Waals surface area contributed by atoms with Crippen LogP contribution in [-0.4, -0.2) is 17.8 Å². The van der Waals surface area contributed by atoms with Crippen molar-refractivity contribution in [2.75, 3.05) is 0 Å². The van der Waals surface area contributed by atoms with Gasteiger partial charge in [0.15, 0.2) is 0 Å². The molecule has 0 aliphatic heterocycles. The molecule has 0 spiro atoms. The molecular weight excluding hydrogens is 192 g/mol. The predicted molar refractivity (Wildman–Crippen MR) is 60.0 cm³/mol. The van der Waals surface area contributed by atoms with Crippen LogP contribution in [0.25, 0.3) is 0 Å². The van der Waals surface area contributed by atoms with E-state index in [1.807, 2.05) is 0 Å². The van der Waals surface area contributed by atoms with E-state index in [9.17, 15) is 4.79 Å². The first-order chi connectivity index (χ1) is 7.15. The molecule has 6 N–H and O–H groups in total. The van der Waals surface area contributed by atoms with E-state index >= 15 is 0 Å². The number of nitrogens with two attached hydrogens (primary N) is 3. The van der Waals surface area contributed by atoms with E-state index in [1.165, 1.54) is 19.3 Å². The van der Waals surface area contributed by atoms with Gasteiger partial charge in [-0.2, -0.15) is 0 Å². The Balaban J connectivity index is 2.68. The molecule has 5 nitrogen and oxygen atoms in total. The standard InChI is InChI=1S/C10H18N4O/c11-6-8(10(13)15)9(12)14-7-4-2-1-3-5-7/h6-7H,1-5,11H2,(H2,12,14)(H2,13,15). The highest BCUT2D eigenvalue weighted by Gasteiger charge is 2.15. The minimum absolute atomic E-state index is 0.112. The molecule has 1 saturated carbocycles. The van der Waals surface area contributed by atoms with Crippen molar-refractivity contribution in [2.24, 2.45) is 22.2 Å². The molecule has 0 bridgehead atoms. The molecule has 1 amide bonds. The van der Waals surface area contributed by atoms with Crippen LogP contribution in [0.2, 0.25) is 0 Å². The second-order valence-corrected chi connectivity index (χ2v) is 3.75. The molecule has 1 fully saturated rings. The van der Waals surface area contributed by atoms with E-state index in [1.54, 1.807) is 0 Å².